The van der Waals surface area contributed by atoms with E-state index in [1.165, 1.54) is 0 Å². The van der Waals surface area contributed by atoms with Gasteiger partial charge in [0.2, 0.25) is 0 Å². The summed E-state index contributed by atoms with van der Waals surface area (Å²) in [5.41, 5.74) is 6.46. The molecule has 0 bridgehead atoms. The molecule has 0 saturated heterocycles. The van der Waals surface area contributed by atoms with Crippen LogP contribution in [0.1, 0.15) is 30.6 Å². The number of fused-ring (bicyclic) bond motifs is 1. The second kappa shape index (κ2) is 5.26. The van der Waals surface area contributed by atoms with E-state index in [2.05, 4.69) is 11.9 Å². The summed E-state index contributed by atoms with van der Waals surface area (Å²) in [6.07, 6.45) is 2.49. The highest BCUT2D eigenvalue weighted by molar-refractivity contribution is 6.08. The van der Waals surface area contributed by atoms with E-state index in [1.54, 1.807) is 11.1 Å². The molecule has 2 rings (SSSR count). The minimum atomic E-state index is -0.0157. The van der Waals surface area contributed by atoms with Crippen LogP contribution in [0.2, 0.25) is 0 Å². The number of pyridine rings is 1. The van der Waals surface area contributed by atoms with Crippen LogP contribution in [0.3, 0.4) is 0 Å². The average Bonchev–Trinajstić information content (AvgIpc) is 2.45. The smallest absolute Gasteiger partial charge is 0.256 e. The highest BCUT2D eigenvalue weighted by atomic mass is 16.2. The van der Waals surface area contributed by atoms with Gasteiger partial charge in [0.05, 0.1) is 5.56 Å². The fourth-order valence-corrected chi connectivity index (χ4v) is 2.05. The van der Waals surface area contributed by atoms with Crippen molar-refractivity contribution >= 4 is 22.5 Å². The van der Waals surface area contributed by atoms with Gasteiger partial charge in [-0.05, 0) is 18.7 Å². The summed E-state index contributed by atoms with van der Waals surface area (Å²) in [4.78, 5) is 18.4. The number of anilines is 1. The van der Waals surface area contributed by atoms with Gasteiger partial charge in [-0.15, -0.1) is 0 Å². The van der Waals surface area contributed by atoms with E-state index >= 15 is 0 Å². The summed E-state index contributed by atoms with van der Waals surface area (Å²) in [6, 6.07) is 7.79. The summed E-state index contributed by atoms with van der Waals surface area (Å²) in [5, 5.41) is 1.68. The van der Waals surface area contributed by atoms with Crippen molar-refractivity contribution in [2.24, 2.45) is 0 Å². The Bertz CT molecular complexity index is 609. The Morgan fingerprint density at radius 1 is 1.37 bits per heavy atom. The van der Waals surface area contributed by atoms with Gasteiger partial charge >= 0.3 is 0 Å². The predicted octanol–water partition coefficient (Wildman–Crippen LogP) is 2.69. The maximum Gasteiger partial charge on any atom is 0.256 e. The van der Waals surface area contributed by atoms with E-state index < -0.39 is 0 Å². The molecule has 1 heterocycles. The SMILES string of the molecule is CCC(C)N(C)C(=O)c1cnc(N)c2ccccc12. The number of nitrogens with zero attached hydrogens (tertiary/aromatic N) is 2. The van der Waals surface area contributed by atoms with Gasteiger partial charge in [0, 0.05) is 24.7 Å². The van der Waals surface area contributed by atoms with Gasteiger partial charge in [0.25, 0.3) is 5.91 Å². The van der Waals surface area contributed by atoms with Crippen LogP contribution in [0.25, 0.3) is 10.8 Å². The molecular weight excluding hydrogens is 238 g/mol. The Labute approximate surface area is 113 Å². The normalized spacial score (nSPS) is 12.4. The number of benzene rings is 1. The molecule has 4 heteroatoms. The van der Waals surface area contributed by atoms with Gasteiger partial charge in [0.15, 0.2) is 0 Å². The van der Waals surface area contributed by atoms with Gasteiger partial charge < -0.3 is 10.6 Å². The van der Waals surface area contributed by atoms with Crippen molar-refractivity contribution in [2.45, 2.75) is 26.3 Å². The second-order valence-electron chi connectivity index (χ2n) is 4.78. The molecule has 4 nitrogen and oxygen atoms in total. The monoisotopic (exact) mass is 257 g/mol. The average molecular weight is 257 g/mol. The van der Waals surface area contributed by atoms with E-state index in [4.69, 9.17) is 5.73 Å². The largest absolute Gasteiger partial charge is 0.383 e. The lowest BCUT2D eigenvalue weighted by Crippen LogP contribution is -2.34. The van der Waals surface area contributed by atoms with Crippen LogP contribution in [-0.2, 0) is 0 Å². The van der Waals surface area contributed by atoms with Crippen molar-refractivity contribution in [3.05, 3.63) is 36.0 Å². The van der Waals surface area contributed by atoms with Crippen LogP contribution in [0, 0.1) is 0 Å². The summed E-state index contributed by atoms with van der Waals surface area (Å²) < 4.78 is 0. The van der Waals surface area contributed by atoms with Gasteiger partial charge in [-0.25, -0.2) is 4.98 Å². The van der Waals surface area contributed by atoms with Gasteiger partial charge in [0.1, 0.15) is 5.82 Å². The molecule has 2 N–H and O–H groups in total. The molecule has 0 aliphatic heterocycles. The van der Waals surface area contributed by atoms with Gasteiger partial charge in [-0.3, -0.25) is 4.79 Å². The third kappa shape index (κ3) is 2.38. The number of carbonyl (C=O) groups is 1. The molecule has 2 aromatic rings. The molecule has 0 radical (unpaired) electrons. The van der Waals surface area contributed by atoms with Crippen LogP contribution < -0.4 is 5.73 Å². The van der Waals surface area contributed by atoms with Gasteiger partial charge in [-0.2, -0.15) is 0 Å². The highest BCUT2D eigenvalue weighted by Crippen LogP contribution is 2.23. The molecule has 0 aliphatic rings. The predicted molar refractivity (Wildman–Crippen MR) is 78.0 cm³/mol. The molecule has 0 spiro atoms. The highest BCUT2D eigenvalue weighted by Gasteiger charge is 2.19. The van der Waals surface area contributed by atoms with Crippen molar-refractivity contribution in [3.8, 4) is 0 Å². The maximum absolute atomic E-state index is 12.5. The summed E-state index contributed by atoms with van der Waals surface area (Å²) in [6.45, 7) is 4.10. The fraction of sp³-hybridized carbons (Fsp3) is 0.333. The number of nitrogen functional groups attached to an aromatic ring is 1. The molecular formula is C15H19N3O. The van der Waals surface area contributed by atoms with E-state index in [0.717, 1.165) is 17.2 Å². The zero-order valence-corrected chi connectivity index (χ0v) is 11.6. The fourth-order valence-electron chi connectivity index (χ4n) is 2.05. The van der Waals surface area contributed by atoms with E-state index in [0.29, 0.717) is 11.4 Å². The number of amides is 1. The van der Waals surface area contributed by atoms with Crippen molar-refractivity contribution < 1.29 is 4.79 Å². The number of hydrogen-bond acceptors (Lipinski definition) is 3. The minimum absolute atomic E-state index is 0.0157. The van der Waals surface area contributed by atoms with Crippen LogP contribution in [0.4, 0.5) is 5.82 Å². The maximum atomic E-state index is 12.5. The molecule has 100 valence electrons. The summed E-state index contributed by atoms with van der Waals surface area (Å²) in [7, 11) is 1.82. The summed E-state index contributed by atoms with van der Waals surface area (Å²) >= 11 is 0. The number of hydrogen-bond donors (Lipinski definition) is 1. The first-order chi connectivity index (χ1) is 9.06. The standard InChI is InChI=1S/C15H19N3O/c1-4-10(2)18(3)15(19)13-9-17-14(16)12-8-6-5-7-11(12)13/h5-10H,4H2,1-3H3,(H2,16,17). The molecule has 19 heavy (non-hydrogen) atoms. The Hall–Kier alpha value is -2.10. The first-order valence-corrected chi connectivity index (χ1v) is 6.46. The van der Waals surface area contributed by atoms with Crippen LogP contribution in [-0.4, -0.2) is 28.9 Å². The first-order valence-electron chi connectivity index (χ1n) is 6.46. The van der Waals surface area contributed by atoms with Crippen molar-refractivity contribution in [1.82, 2.24) is 9.88 Å². The third-order valence-electron chi connectivity index (χ3n) is 3.63. The third-order valence-corrected chi connectivity index (χ3v) is 3.63. The van der Waals surface area contributed by atoms with E-state index in [9.17, 15) is 4.79 Å². The Morgan fingerprint density at radius 3 is 2.63 bits per heavy atom. The number of carbonyl (C=O) groups excluding carboxylic acids is 1. The molecule has 0 fully saturated rings. The van der Waals surface area contributed by atoms with E-state index in [-0.39, 0.29) is 11.9 Å². The number of nitrogens with two attached hydrogens (primary N) is 1. The zero-order valence-electron chi connectivity index (χ0n) is 11.6. The quantitative estimate of drug-likeness (QED) is 0.919. The Morgan fingerprint density at radius 2 is 2.00 bits per heavy atom. The second-order valence-corrected chi connectivity index (χ2v) is 4.78. The van der Waals surface area contributed by atoms with Crippen molar-refractivity contribution in [3.63, 3.8) is 0 Å². The van der Waals surface area contributed by atoms with Crippen LogP contribution in [0.5, 0.6) is 0 Å². The molecule has 1 aromatic heterocycles. The zero-order chi connectivity index (χ0) is 14.0. The number of rotatable bonds is 3. The topological polar surface area (TPSA) is 59.2 Å². The Balaban J connectivity index is 2.52. The van der Waals surface area contributed by atoms with Crippen LogP contribution in [0.15, 0.2) is 30.5 Å². The first kappa shape index (κ1) is 13.3. The minimum Gasteiger partial charge on any atom is -0.383 e. The molecule has 1 unspecified atom stereocenters. The summed E-state index contributed by atoms with van der Waals surface area (Å²) in [5.74, 6) is 0.441. The van der Waals surface area contributed by atoms with E-state index in [1.807, 2.05) is 38.2 Å². The molecule has 1 atom stereocenters. The molecule has 1 aromatic carbocycles. The lowest BCUT2D eigenvalue weighted by atomic mass is 10.1. The van der Waals surface area contributed by atoms with Crippen LogP contribution >= 0.6 is 0 Å². The molecule has 1 amide bonds. The molecule has 0 saturated carbocycles. The Kier molecular flexibility index (Phi) is 3.69. The van der Waals surface area contributed by atoms with Gasteiger partial charge in [-0.1, -0.05) is 31.2 Å². The number of aromatic nitrogens is 1. The van der Waals surface area contributed by atoms with Crippen molar-refractivity contribution in [1.29, 1.82) is 0 Å². The lowest BCUT2D eigenvalue weighted by molar-refractivity contribution is 0.0742. The molecule has 0 aliphatic carbocycles. The van der Waals surface area contributed by atoms with Crippen molar-refractivity contribution in [2.75, 3.05) is 12.8 Å². The lowest BCUT2D eigenvalue weighted by Gasteiger charge is -2.24.